The molecule has 0 bridgehead atoms. The third kappa shape index (κ3) is 2.94. The molecule has 1 aromatic rings. The Morgan fingerprint density at radius 2 is 1.65 bits per heavy atom. The summed E-state index contributed by atoms with van der Waals surface area (Å²) in [5.74, 6) is -0.147. The molecule has 0 radical (unpaired) electrons. The van der Waals surface area contributed by atoms with E-state index in [0.717, 1.165) is 18.8 Å². The highest BCUT2D eigenvalue weighted by Gasteiger charge is 2.32. The average Bonchev–Trinajstić information content (AvgIpc) is 2.80. The Kier molecular flexibility index (Phi) is 4.62. The monoisotopic (exact) mass is 278 g/mol. The first-order chi connectivity index (χ1) is 9.56. The van der Waals surface area contributed by atoms with Gasteiger partial charge in [0.25, 0.3) is 5.91 Å². The molecule has 1 aliphatic rings. The van der Waals surface area contributed by atoms with E-state index < -0.39 is 12.2 Å². The van der Waals surface area contributed by atoms with Gasteiger partial charge in [0.15, 0.2) is 0 Å². The van der Waals surface area contributed by atoms with Gasteiger partial charge >= 0.3 is 0 Å². The van der Waals surface area contributed by atoms with Gasteiger partial charge in [-0.2, -0.15) is 0 Å². The van der Waals surface area contributed by atoms with Crippen molar-refractivity contribution < 1.29 is 15.0 Å². The zero-order valence-electron chi connectivity index (χ0n) is 12.0. The Hall–Kier alpha value is -1.59. The van der Waals surface area contributed by atoms with E-state index >= 15 is 0 Å². The van der Waals surface area contributed by atoms with E-state index in [9.17, 15) is 15.0 Å². The molecule has 1 aromatic carbocycles. The number of benzene rings is 1. The summed E-state index contributed by atoms with van der Waals surface area (Å²) < 4.78 is 0. The fourth-order valence-electron chi connectivity index (χ4n) is 2.52. The molecule has 1 amide bonds. The smallest absolute Gasteiger partial charge is 0.254 e. The number of carbonyl (C=O) groups excluding carboxylic acids is 1. The molecule has 5 nitrogen and oxygen atoms in total. The van der Waals surface area contributed by atoms with Crippen LogP contribution >= 0.6 is 0 Å². The number of anilines is 1. The van der Waals surface area contributed by atoms with Gasteiger partial charge < -0.3 is 20.0 Å². The predicted octanol–water partition coefficient (Wildman–Crippen LogP) is 0.710. The van der Waals surface area contributed by atoms with Gasteiger partial charge in [-0.25, -0.2) is 0 Å². The summed E-state index contributed by atoms with van der Waals surface area (Å²) in [4.78, 5) is 15.9. The van der Waals surface area contributed by atoms with E-state index in [0.29, 0.717) is 5.56 Å². The lowest BCUT2D eigenvalue weighted by atomic mass is 10.1. The van der Waals surface area contributed by atoms with Crippen molar-refractivity contribution in [1.29, 1.82) is 0 Å². The molecular weight excluding hydrogens is 256 g/mol. The maximum Gasteiger partial charge on any atom is 0.254 e. The van der Waals surface area contributed by atoms with Gasteiger partial charge in [0, 0.05) is 37.4 Å². The Morgan fingerprint density at radius 3 is 2.10 bits per heavy atom. The number of nitrogens with zero attached hydrogens (tertiary/aromatic N) is 2. The van der Waals surface area contributed by atoms with Gasteiger partial charge in [-0.15, -0.1) is 0 Å². The first kappa shape index (κ1) is 14.8. The molecule has 0 aliphatic carbocycles. The van der Waals surface area contributed by atoms with Crippen molar-refractivity contribution in [3.8, 4) is 0 Å². The van der Waals surface area contributed by atoms with Crippen LogP contribution in [0.5, 0.6) is 0 Å². The van der Waals surface area contributed by atoms with Crippen LogP contribution in [0, 0.1) is 0 Å². The zero-order valence-corrected chi connectivity index (χ0v) is 12.0. The van der Waals surface area contributed by atoms with Crippen LogP contribution in [-0.4, -0.2) is 59.4 Å². The van der Waals surface area contributed by atoms with Crippen LogP contribution in [0.4, 0.5) is 5.69 Å². The van der Waals surface area contributed by atoms with Gasteiger partial charge in [-0.05, 0) is 38.1 Å². The number of hydrogen-bond acceptors (Lipinski definition) is 4. The predicted molar refractivity (Wildman–Crippen MR) is 77.9 cm³/mol. The third-order valence-electron chi connectivity index (χ3n) is 3.79. The van der Waals surface area contributed by atoms with E-state index in [-0.39, 0.29) is 19.0 Å². The Morgan fingerprint density at radius 1 is 1.15 bits per heavy atom. The lowest BCUT2D eigenvalue weighted by Gasteiger charge is -2.21. The van der Waals surface area contributed by atoms with E-state index in [2.05, 4.69) is 18.7 Å². The first-order valence-corrected chi connectivity index (χ1v) is 7.07. The number of rotatable bonds is 4. The fourth-order valence-corrected chi connectivity index (χ4v) is 2.52. The van der Waals surface area contributed by atoms with Gasteiger partial charge in [-0.1, -0.05) is 0 Å². The van der Waals surface area contributed by atoms with E-state index in [4.69, 9.17) is 0 Å². The second-order valence-corrected chi connectivity index (χ2v) is 5.06. The van der Waals surface area contributed by atoms with Crippen LogP contribution < -0.4 is 4.90 Å². The van der Waals surface area contributed by atoms with Crippen molar-refractivity contribution in [2.75, 3.05) is 31.1 Å². The van der Waals surface area contributed by atoms with Crippen molar-refractivity contribution in [3.05, 3.63) is 29.8 Å². The summed E-state index contributed by atoms with van der Waals surface area (Å²) in [5.41, 5.74) is 1.68. The third-order valence-corrected chi connectivity index (χ3v) is 3.79. The molecule has 2 N–H and O–H groups in total. The molecule has 1 aliphatic heterocycles. The highest BCUT2D eigenvalue weighted by Crippen LogP contribution is 2.18. The second kappa shape index (κ2) is 6.24. The molecule has 0 unspecified atom stereocenters. The van der Waals surface area contributed by atoms with Crippen LogP contribution in [0.15, 0.2) is 24.3 Å². The summed E-state index contributed by atoms with van der Waals surface area (Å²) >= 11 is 0. The fraction of sp³-hybridized carbons (Fsp3) is 0.533. The Bertz CT molecular complexity index is 447. The van der Waals surface area contributed by atoms with Gasteiger partial charge in [0.1, 0.15) is 0 Å². The van der Waals surface area contributed by atoms with Gasteiger partial charge in [0.2, 0.25) is 0 Å². The summed E-state index contributed by atoms with van der Waals surface area (Å²) in [6.45, 7) is 6.42. The maximum absolute atomic E-state index is 12.2. The summed E-state index contributed by atoms with van der Waals surface area (Å²) in [5, 5.41) is 19.0. The van der Waals surface area contributed by atoms with Crippen LogP contribution in [0.25, 0.3) is 0 Å². The lowest BCUT2D eigenvalue weighted by molar-refractivity contribution is 0.0572. The lowest BCUT2D eigenvalue weighted by Crippen LogP contribution is -2.29. The highest BCUT2D eigenvalue weighted by molar-refractivity contribution is 5.94. The molecule has 1 fully saturated rings. The number of carbonyl (C=O) groups is 1. The van der Waals surface area contributed by atoms with Crippen LogP contribution in [0.3, 0.4) is 0 Å². The zero-order chi connectivity index (χ0) is 14.7. The molecule has 20 heavy (non-hydrogen) atoms. The molecule has 1 heterocycles. The largest absolute Gasteiger partial charge is 0.388 e. The van der Waals surface area contributed by atoms with Crippen molar-refractivity contribution in [2.24, 2.45) is 0 Å². The molecule has 5 heteroatoms. The number of aliphatic hydroxyl groups is 2. The standard InChI is InChI=1S/C15H22N2O3/c1-3-16(4-2)12-7-5-11(6-8-12)15(20)17-9-13(18)14(19)10-17/h5-8,13-14,18-19H,3-4,9-10H2,1-2H3/t13-,14+. The second-order valence-electron chi connectivity index (χ2n) is 5.06. The van der Waals surface area contributed by atoms with E-state index in [1.165, 1.54) is 4.90 Å². The Balaban J connectivity index is 2.08. The minimum Gasteiger partial charge on any atom is -0.388 e. The van der Waals surface area contributed by atoms with Gasteiger partial charge in [0.05, 0.1) is 12.2 Å². The number of hydrogen-bond donors (Lipinski definition) is 2. The SMILES string of the molecule is CCN(CC)c1ccc(C(=O)N2C[C@@H](O)[C@@H](O)C2)cc1. The van der Waals surface area contributed by atoms with Crippen LogP contribution in [0.2, 0.25) is 0 Å². The van der Waals surface area contributed by atoms with Crippen LogP contribution in [0.1, 0.15) is 24.2 Å². The van der Waals surface area contributed by atoms with E-state index in [1.807, 2.05) is 12.1 Å². The number of aliphatic hydroxyl groups excluding tert-OH is 2. The quantitative estimate of drug-likeness (QED) is 0.851. The summed E-state index contributed by atoms with van der Waals surface area (Å²) in [6, 6.07) is 7.46. The van der Waals surface area contributed by atoms with E-state index in [1.54, 1.807) is 12.1 Å². The molecule has 2 atom stereocenters. The summed E-state index contributed by atoms with van der Waals surface area (Å²) in [7, 11) is 0. The van der Waals surface area contributed by atoms with Gasteiger partial charge in [-0.3, -0.25) is 4.79 Å². The highest BCUT2D eigenvalue weighted by atomic mass is 16.3. The minimum absolute atomic E-state index is 0.147. The number of likely N-dealkylation sites (tertiary alicyclic amines) is 1. The molecule has 1 saturated heterocycles. The average molecular weight is 278 g/mol. The summed E-state index contributed by atoms with van der Waals surface area (Å²) in [6.07, 6.45) is -1.68. The molecule has 0 aromatic heterocycles. The minimum atomic E-state index is -0.839. The normalized spacial score (nSPS) is 22.1. The molecule has 2 rings (SSSR count). The molecule has 0 saturated carbocycles. The van der Waals surface area contributed by atoms with Crippen LogP contribution in [-0.2, 0) is 0 Å². The first-order valence-electron chi connectivity index (χ1n) is 7.07. The van der Waals surface area contributed by atoms with Crippen molar-refractivity contribution in [3.63, 3.8) is 0 Å². The molecule has 110 valence electrons. The Labute approximate surface area is 119 Å². The maximum atomic E-state index is 12.2. The van der Waals surface area contributed by atoms with Crippen molar-refractivity contribution in [1.82, 2.24) is 4.90 Å². The number of amides is 1. The molecule has 0 spiro atoms. The number of β-amino-alcohol motifs (C(OH)–C–C–N with tert-alkyl or cyclic N) is 2. The molecular formula is C15H22N2O3. The van der Waals surface area contributed by atoms with Crippen molar-refractivity contribution >= 4 is 11.6 Å². The van der Waals surface area contributed by atoms with Crippen molar-refractivity contribution in [2.45, 2.75) is 26.1 Å². The topological polar surface area (TPSA) is 64.0 Å².